The van der Waals surface area contributed by atoms with Gasteiger partial charge in [0.1, 0.15) is 5.72 Å². The fourth-order valence-corrected chi connectivity index (χ4v) is 3.57. The molecule has 0 aliphatic heterocycles. The number of hydrogen-bond acceptors (Lipinski definition) is 2. The quantitative estimate of drug-likeness (QED) is 0.553. The van der Waals surface area contributed by atoms with Gasteiger partial charge in [-0.15, -0.1) is 0 Å². The number of fused-ring (bicyclic) bond motifs is 1. The lowest BCUT2D eigenvalue weighted by Gasteiger charge is -2.33. The summed E-state index contributed by atoms with van der Waals surface area (Å²) in [5.74, 6) is 0.185. The lowest BCUT2D eigenvalue weighted by Crippen LogP contribution is -2.46. The van der Waals surface area contributed by atoms with Gasteiger partial charge in [-0.3, -0.25) is 0 Å². The Bertz CT molecular complexity index is 461. The minimum absolute atomic E-state index is 0.185. The first-order chi connectivity index (χ1) is 10.5. The second-order valence-electron chi connectivity index (χ2n) is 7.29. The van der Waals surface area contributed by atoms with Crippen LogP contribution in [-0.2, 0) is 19.3 Å². The Labute approximate surface area is 136 Å². The van der Waals surface area contributed by atoms with E-state index in [0.29, 0.717) is 0 Å². The summed E-state index contributed by atoms with van der Waals surface area (Å²) < 4.78 is 0. The molecule has 0 aromatic heterocycles. The number of aliphatic hydroxyl groups is 1. The highest BCUT2D eigenvalue weighted by atomic mass is 16.3. The van der Waals surface area contributed by atoms with Gasteiger partial charge >= 0.3 is 0 Å². The summed E-state index contributed by atoms with van der Waals surface area (Å²) in [4.78, 5) is 0. The first-order valence-corrected chi connectivity index (χ1v) is 9.12. The van der Waals surface area contributed by atoms with Gasteiger partial charge in [0, 0.05) is 5.92 Å². The highest BCUT2D eigenvalue weighted by Crippen LogP contribution is 2.31. The minimum atomic E-state index is -1.05. The molecule has 0 heterocycles. The van der Waals surface area contributed by atoms with Crippen molar-refractivity contribution in [3.8, 4) is 0 Å². The highest BCUT2D eigenvalue weighted by molar-refractivity contribution is 5.34. The molecule has 0 saturated carbocycles. The Kier molecular flexibility index (Phi) is 6.46. The van der Waals surface area contributed by atoms with E-state index < -0.39 is 5.72 Å². The first kappa shape index (κ1) is 17.5. The maximum Gasteiger partial charge on any atom is 0.113 e. The molecular formula is C20H33NO. The SMILES string of the molecule is CCCCCCCCc1ccc2c(c1)CC[C@@H]([C@@](C)(N)O)C2. The van der Waals surface area contributed by atoms with Gasteiger partial charge in [-0.2, -0.15) is 0 Å². The van der Waals surface area contributed by atoms with Crippen LogP contribution in [0.3, 0.4) is 0 Å². The number of nitrogens with two attached hydrogens (primary N) is 1. The van der Waals surface area contributed by atoms with Gasteiger partial charge in [0.05, 0.1) is 0 Å². The predicted octanol–water partition coefficient (Wildman–Crippen LogP) is 4.36. The summed E-state index contributed by atoms with van der Waals surface area (Å²) in [6, 6.07) is 6.93. The summed E-state index contributed by atoms with van der Waals surface area (Å²) in [5.41, 5.74) is 9.16. The Hall–Kier alpha value is -0.860. The van der Waals surface area contributed by atoms with Crippen molar-refractivity contribution in [3.63, 3.8) is 0 Å². The molecule has 0 saturated heterocycles. The van der Waals surface area contributed by atoms with E-state index >= 15 is 0 Å². The molecule has 124 valence electrons. The van der Waals surface area contributed by atoms with Crippen LogP contribution < -0.4 is 5.73 Å². The highest BCUT2D eigenvalue weighted by Gasteiger charge is 2.30. The van der Waals surface area contributed by atoms with Crippen LogP contribution in [0, 0.1) is 5.92 Å². The molecule has 2 rings (SSSR count). The zero-order valence-corrected chi connectivity index (χ0v) is 14.4. The van der Waals surface area contributed by atoms with Crippen molar-refractivity contribution in [2.45, 2.75) is 83.8 Å². The van der Waals surface area contributed by atoms with Crippen LogP contribution in [0.15, 0.2) is 18.2 Å². The second kappa shape index (κ2) is 8.12. The molecule has 2 heteroatoms. The van der Waals surface area contributed by atoms with Gasteiger partial charge in [-0.1, -0.05) is 57.2 Å². The number of aryl methyl sites for hydroxylation is 2. The van der Waals surface area contributed by atoms with Gasteiger partial charge in [-0.05, 0) is 55.7 Å². The van der Waals surface area contributed by atoms with Gasteiger partial charge < -0.3 is 10.8 Å². The Morgan fingerprint density at radius 3 is 2.59 bits per heavy atom. The molecule has 0 unspecified atom stereocenters. The van der Waals surface area contributed by atoms with E-state index in [1.54, 1.807) is 6.92 Å². The monoisotopic (exact) mass is 303 g/mol. The predicted molar refractivity (Wildman–Crippen MR) is 93.8 cm³/mol. The average Bonchev–Trinajstić information content (AvgIpc) is 2.49. The molecule has 2 nitrogen and oxygen atoms in total. The third-order valence-corrected chi connectivity index (χ3v) is 5.14. The number of unbranched alkanes of at least 4 members (excludes halogenated alkanes) is 5. The van der Waals surface area contributed by atoms with Crippen LogP contribution in [0.5, 0.6) is 0 Å². The van der Waals surface area contributed by atoms with Crippen LogP contribution in [-0.4, -0.2) is 10.8 Å². The van der Waals surface area contributed by atoms with Crippen molar-refractivity contribution in [1.82, 2.24) is 0 Å². The second-order valence-corrected chi connectivity index (χ2v) is 7.29. The lowest BCUT2D eigenvalue weighted by molar-refractivity contribution is -0.000905. The van der Waals surface area contributed by atoms with Crippen molar-refractivity contribution >= 4 is 0 Å². The van der Waals surface area contributed by atoms with Crippen LogP contribution >= 0.6 is 0 Å². The molecule has 1 aliphatic carbocycles. The normalized spacial score (nSPS) is 20.5. The fourth-order valence-electron chi connectivity index (χ4n) is 3.57. The van der Waals surface area contributed by atoms with Crippen molar-refractivity contribution in [1.29, 1.82) is 0 Å². The number of rotatable bonds is 8. The molecule has 22 heavy (non-hydrogen) atoms. The lowest BCUT2D eigenvalue weighted by atomic mass is 9.78. The van der Waals surface area contributed by atoms with Crippen LogP contribution in [0.25, 0.3) is 0 Å². The largest absolute Gasteiger partial charge is 0.376 e. The molecular weight excluding hydrogens is 270 g/mol. The zero-order chi connectivity index (χ0) is 16.0. The van der Waals surface area contributed by atoms with Crippen molar-refractivity contribution in [2.24, 2.45) is 11.7 Å². The van der Waals surface area contributed by atoms with E-state index in [1.807, 2.05) is 0 Å². The van der Waals surface area contributed by atoms with Gasteiger partial charge in [-0.25, -0.2) is 0 Å². The van der Waals surface area contributed by atoms with Crippen LogP contribution in [0.1, 0.15) is 75.5 Å². The van der Waals surface area contributed by atoms with E-state index in [0.717, 1.165) is 19.3 Å². The molecule has 3 N–H and O–H groups in total. The Balaban J connectivity index is 1.83. The maximum atomic E-state index is 10.0. The molecule has 2 atom stereocenters. The summed E-state index contributed by atoms with van der Waals surface area (Å²) in [6.45, 7) is 4.00. The maximum absolute atomic E-state index is 10.0. The average molecular weight is 303 g/mol. The summed E-state index contributed by atoms with van der Waals surface area (Å²) in [6.07, 6.45) is 12.3. The smallest absolute Gasteiger partial charge is 0.113 e. The van der Waals surface area contributed by atoms with Crippen LogP contribution in [0.4, 0.5) is 0 Å². The van der Waals surface area contributed by atoms with E-state index in [1.165, 1.54) is 61.6 Å². The zero-order valence-electron chi connectivity index (χ0n) is 14.4. The van der Waals surface area contributed by atoms with Crippen molar-refractivity contribution in [2.75, 3.05) is 0 Å². The van der Waals surface area contributed by atoms with E-state index in [-0.39, 0.29) is 5.92 Å². The summed E-state index contributed by atoms with van der Waals surface area (Å²) >= 11 is 0. The van der Waals surface area contributed by atoms with Gasteiger partial charge in [0.25, 0.3) is 0 Å². The first-order valence-electron chi connectivity index (χ1n) is 9.12. The molecule has 1 aromatic carbocycles. The molecule has 0 amide bonds. The molecule has 1 aliphatic rings. The van der Waals surface area contributed by atoms with Gasteiger partial charge in [0.15, 0.2) is 0 Å². The van der Waals surface area contributed by atoms with E-state index in [2.05, 4.69) is 25.1 Å². The van der Waals surface area contributed by atoms with Gasteiger partial charge in [0.2, 0.25) is 0 Å². The van der Waals surface area contributed by atoms with Crippen molar-refractivity contribution in [3.05, 3.63) is 34.9 Å². The molecule has 0 radical (unpaired) electrons. The molecule has 1 aromatic rings. The fraction of sp³-hybridized carbons (Fsp3) is 0.700. The van der Waals surface area contributed by atoms with E-state index in [9.17, 15) is 5.11 Å². The van der Waals surface area contributed by atoms with E-state index in [4.69, 9.17) is 5.73 Å². The molecule has 0 spiro atoms. The third kappa shape index (κ3) is 5.10. The summed E-state index contributed by atoms with van der Waals surface area (Å²) in [5, 5.41) is 10.0. The minimum Gasteiger partial charge on any atom is -0.376 e. The summed E-state index contributed by atoms with van der Waals surface area (Å²) in [7, 11) is 0. The Morgan fingerprint density at radius 2 is 1.86 bits per heavy atom. The standard InChI is InChI=1S/C20H33NO/c1-3-4-5-6-7-8-9-16-10-11-18-15-19(20(2,21)22)13-12-17(18)14-16/h10-11,14,19,22H,3-9,12-13,15,21H2,1-2H3/t19-,20+/m1/s1. The van der Waals surface area contributed by atoms with Crippen molar-refractivity contribution < 1.29 is 5.11 Å². The topological polar surface area (TPSA) is 46.2 Å². The van der Waals surface area contributed by atoms with Crippen LogP contribution in [0.2, 0.25) is 0 Å². The third-order valence-electron chi connectivity index (χ3n) is 5.14. The number of benzene rings is 1. The number of hydrogen-bond donors (Lipinski definition) is 2. The molecule has 0 bridgehead atoms. The Morgan fingerprint density at radius 1 is 1.14 bits per heavy atom. The molecule has 0 fully saturated rings.